The summed E-state index contributed by atoms with van der Waals surface area (Å²) in [5, 5.41) is 4.97. The fraction of sp³-hybridized carbons (Fsp3) is 0.375. The first-order valence-corrected chi connectivity index (χ1v) is 7.89. The molecule has 21 heavy (non-hydrogen) atoms. The summed E-state index contributed by atoms with van der Waals surface area (Å²) >= 11 is 1.62. The first-order valence-electron chi connectivity index (χ1n) is 7.01. The third kappa shape index (κ3) is 4.04. The van der Waals surface area contributed by atoms with Crippen molar-refractivity contribution in [1.82, 2.24) is 10.3 Å². The number of aryl methyl sites for hydroxylation is 1. The zero-order chi connectivity index (χ0) is 15.4. The number of amides is 1. The van der Waals surface area contributed by atoms with Gasteiger partial charge in [-0.3, -0.25) is 9.59 Å². The summed E-state index contributed by atoms with van der Waals surface area (Å²) in [6.45, 7) is 6.02. The maximum Gasteiger partial charge on any atom is 0.260 e. The lowest BCUT2D eigenvalue weighted by molar-refractivity contribution is 0.0931. The highest BCUT2D eigenvalue weighted by Crippen LogP contribution is 2.25. The van der Waals surface area contributed by atoms with Gasteiger partial charge in [0.2, 0.25) is 0 Å². The van der Waals surface area contributed by atoms with Gasteiger partial charge in [0.25, 0.3) is 11.5 Å². The number of rotatable bonds is 5. The quantitative estimate of drug-likeness (QED) is 0.890. The number of aromatic nitrogens is 1. The van der Waals surface area contributed by atoms with Crippen molar-refractivity contribution in [3.8, 4) is 0 Å². The predicted molar refractivity (Wildman–Crippen MR) is 85.8 cm³/mol. The summed E-state index contributed by atoms with van der Waals surface area (Å²) in [6.07, 6.45) is 0.843. The molecule has 1 amide bonds. The van der Waals surface area contributed by atoms with Crippen LogP contribution in [0.1, 0.15) is 47.2 Å². The van der Waals surface area contributed by atoms with Crippen LogP contribution in [-0.2, 0) is 0 Å². The van der Waals surface area contributed by atoms with E-state index in [1.54, 1.807) is 30.4 Å². The van der Waals surface area contributed by atoms with E-state index in [2.05, 4.69) is 24.1 Å². The Kier molecular flexibility index (Phi) is 4.96. The molecule has 0 spiro atoms. The van der Waals surface area contributed by atoms with Gasteiger partial charge in [-0.05, 0) is 42.8 Å². The predicted octanol–water partition coefficient (Wildman–Crippen LogP) is 3.26. The summed E-state index contributed by atoms with van der Waals surface area (Å²) in [4.78, 5) is 28.0. The highest BCUT2D eigenvalue weighted by atomic mass is 32.1. The highest BCUT2D eigenvalue weighted by molar-refractivity contribution is 7.10. The van der Waals surface area contributed by atoms with E-state index in [-0.39, 0.29) is 23.1 Å². The topological polar surface area (TPSA) is 62.0 Å². The van der Waals surface area contributed by atoms with Crippen LogP contribution in [0, 0.1) is 12.8 Å². The molecule has 1 atom stereocenters. The number of thiophene rings is 1. The summed E-state index contributed by atoms with van der Waals surface area (Å²) in [7, 11) is 0. The molecule has 2 heterocycles. The van der Waals surface area contributed by atoms with Gasteiger partial charge < -0.3 is 10.3 Å². The molecule has 2 N–H and O–H groups in total. The molecular formula is C16H20N2O2S. The van der Waals surface area contributed by atoms with E-state index in [0.29, 0.717) is 5.92 Å². The number of carbonyl (C=O) groups is 1. The smallest absolute Gasteiger partial charge is 0.260 e. The maximum absolute atomic E-state index is 12.3. The van der Waals surface area contributed by atoms with Crippen LogP contribution >= 0.6 is 11.3 Å². The van der Waals surface area contributed by atoms with Crippen LogP contribution < -0.4 is 10.9 Å². The highest BCUT2D eigenvalue weighted by Gasteiger charge is 2.19. The molecule has 0 fully saturated rings. The lowest BCUT2D eigenvalue weighted by atomic mass is 10.0. The molecule has 2 aromatic heterocycles. The summed E-state index contributed by atoms with van der Waals surface area (Å²) in [6, 6.07) is 7.23. The van der Waals surface area contributed by atoms with Crippen molar-refractivity contribution in [2.45, 2.75) is 33.2 Å². The second-order valence-corrected chi connectivity index (χ2v) is 6.53. The Morgan fingerprint density at radius 1 is 1.33 bits per heavy atom. The minimum Gasteiger partial charge on any atom is -0.344 e. The Bertz CT molecular complexity index is 659. The van der Waals surface area contributed by atoms with E-state index in [9.17, 15) is 9.59 Å². The molecule has 5 heteroatoms. The first-order chi connectivity index (χ1) is 9.97. The molecule has 0 saturated carbocycles. The molecule has 0 bridgehead atoms. The molecule has 2 rings (SSSR count). The minimum absolute atomic E-state index is 0.0572. The normalized spacial score (nSPS) is 12.4. The van der Waals surface area contributed by atoms with E-state index in [0.717, 1.165) is 17.0 Å². The first kappa shape index (κ1) is 15.5. The lowest BCUT2D eigenvalue weighted by Crippen LogP contribution is -2.33. The van der Waals surface area contributed by atoms with E-state index in [1.165, 1.54) is 0 Å². The lowest BCUT2D eigenvalue weighted by Gasteiger charge is -2.19. The van der Waals surface area contributed by atoms with Gasteiger partial charge in [0.1, 0.15) is 5.56 Å². The SMILES string of the molecule is Cc1ccc(C(=O)NC(CC(C)C)c2cccs2)c(=O)[nH]1. The Balaban J connectivity index is 2.20. The van der Waals surface area contributed by atoms with Crippen molar-refractivity contribution in [1.29, 1.82) is 0 Å². The standard InChI is InChI=1S/C16H20N2O2S/c1-10(2)9-13(14-5-4-8-21-14)18-16(20)12-7-6-11(3)17-15(12)19/h4-8,10,13H,9H2,1-3H3,(H,17,19)(H,18,20). The van der Waals surface area contributed by atoms with Gasteiger partial charge >= 0.3 is 0 Å². The number of H-pyrrole nitrogens is 1. The van der Waals surface area contributed by atoms with Crippen molar-refractivity contribution in [3.63, 3.8) is 0 Å². The monoisotopic (exact) mass is 304 g/mol. The third-order valence-electron chi connectivity index (χ3n) is 3.20. The molecule has 0 radical (unpaired) electrons. The van der Waals surface area contributed by atoms with Gasteiger partial charge in [0, 0.05) is 10.6 Å². The molecule has 4 nitrogen and oxygen atoms in total. The average molecular weight is 304 g/mol. The van der Waals surface area contributed by atoms with E-state index in [4.69, 9.17) is 0 Å². The Morgan fingerprint density at radius 3 is 2.67 bits per heavy atom. The molecule has 0 aromatic carbocycles. The van der Waals surface area contributed by atoms with Crippen LogP contribution in [0.3, 0.4) is 0 Å². The average Bonchev–Trinajstić information content (AvgIpc) is 2.90. The Morgan fingerprint density at radius 2 is 2.10 bits per heavy atom. The molecule has 1 unspecified atom stereocenters. The number of pyridine rings is 1. The van der Waals surface area contributed by atoms with Crippen LogP contribution in [0.25, 0.3) is 0 Å². The van der Waals surface area contributed by atoms with Crippen molar-refractivity contribution in [2.24, 2.45) is 5.92 Å². The molecule has 0 aliphatic rings. The largest absolute Gasteiger partial charge is 0.344 e. The Labute approximate surface area is 128 Å². The number of hydrogen-bond acceptors (Lipinski definition) is 3. The molecule has 0 aliphatic heterocycles. The summed E-state index contributed by atoms with van der Waals surface area (Å²) in [5.74, 6) is 0.129. The van der Waals surface area contributed by atoms with Gasteiger partial charge in [-0.1, -0.05) is 19.9 Å². The fourth-order valence-corrected chi connectivity index (χ4v) is 2.98. The molecule has 2 aromatic rings. The molecule has 0 aliphatic carbocycles. The minimum atomic E-state index is -0.345. The number of carbonyl (C=O) groups excluding carboxylic acids is 1. The van der Waals surface area contributed by atoms with E-state index < -0.39 is 0 Å². The van der Waals surface area contributed by atoms with Gasteiger partial charge in [-0.15, -0.1) is 11.3 Å². The van der Waals surface area contributed by atoms with Crippen LogP contribution in [0.4, 0.5) is 0 Å². The number of hydrogen-bond donors (Lipinski definition) is 2. The molecule has 0 saturated heterocycles. The van der Waals surface area contributed by atoms with Crippen LogP contribution in [0.2, 0.25) is 0 Å². The van der Waals surface area contributed by atoms with Gasteiger partial charge in [-0.25, -0.2) is 0 Å². The number of nitrogens with one attached hydrogen (secondary N) is 2. The van der Waals surface area contributed by atoms with Gasteiger partial charge in [-0.2, -0.15) is 0 Å². The Hall–Kier alpha value is -1.88. The fourth-order valence-electron chi connectivity index (χ4n) is 2.19. The second-order valence-electron chi connectivity index (χ2n) is 5.56. The van der Waals surface area contributed by atoms with Crippen LogP contribution in [0.5, 0.6) is 0 Å². The van der Waals surface area contributed by atoms with Crippen LogP contribution in [-0.4, -0.2) is 10.9 Å². The van der Waals surface area contributed by atoms with E-state index in [1.807, 2.05) is 17.5 Å². The molecular weight excluding hydrogens is 284 g/mol. The van der Waals surface area contributed by atoms with Crippen molar-refractivity contribution in [2.75, 3.05) is 0 Å². The maximum atomic E-state index is 12.3. The van der Waals surface area contributed by atoms with Crippen molar-refractivity contribution >= 4 is 17.2 Å². The van der Waals surface area contributed by atoms with Crippen molar-refractivity contribution in [3.05, 3.63) is 56.1 Å². The van der Waals surface area contributed by atoms with Gasteiger partial charge in [0.05, 0.1) is 6.04 Å². The van der Waals surface area contributed by atoms with Crippen LogP contribution in [0.15, 0.2) is 34.4 Å². The summed E-state index contributed by atoms with van der Waals surface area (Å²) < 4.78 is 0. The second kappa shape index (κ2) is 6.72. The third-order valence-corrected chi connectivity index (χ3v) is 4.18. The molecule has 112 valence electrons. The summed E-state index contributed by atoms with van der Waals surface area (Å²) in [5.41, 5.74) is 0.557. The zero-order valence-electron chi connectivity index (χ0n) is 12.5. The van der Waals surface area contributed by atoms with E-state index >= 15 is 0 Å². The number of aromatic amines is 1. The van der Waals surface area contributed by atoms with Gasteiger partial charge in [0.15, 0.2) is 0 Å². The van der Waals surface area contributed by atoms with Crippen molar-refractivity contribution < 1.29 is 4.79 Å². The zero-order valence-corrected chi connectivity index (χ0v) is 13.3.